The lowest BCUT2D eigenvalue weighted by molar-refractivity contribution is 0.362. The molecule has 1 aliphatic rings. The van der Waals surface area contributed by atoms with Crippen LogP contribution in [0.1, 0.15) is 18.1 Å². The first kappa shape index (κ1) is 7.17. The molecule has 0 bridgehead atoms. The van der Waals surface area contributed by atoms with Gasteiger partial charge in [-0.25, -0.2) is 0 Å². The molecule has 60 valence electrons. The van der Waals surface area contributed by atoms with Crippen molar-refractivity contribution in [1.29, 1.82) is 0 Å². The van der Waals surface area contributed by atoms with Crippen molar-refractivity contribution in [3.8, 4) is 0 Å². The van der Waals surface area contributed by atoms with Gasteiger partial charge >= 0.3 is 0 Å². The van der Waals surface area contributed by atoms with Crippen molar-refractivity contribution in [3.05, 3.63) is 47.4 Å². The second-order valence-corrected chi connectivity index (χ2v) is 2.80. The molecule has 0 aromatic heterocycles. The second-order valence-electron chi connectivity index (χ2n) is 2.80. The summed E-state index contributed by atoms with van der Waals surface area (Å²) >= 11 is 0. The van der Waals surface area contributed by atoms with Gasteiger partial charge < -0.3 is 4.74 Å². The first-order valence-electron chi connectivity index (χ1n) is 3.97. The van der Waals surface area contributed by atoms with Crippen LogP contribution < -0.4 is 0 Å². The Morgan fingerprint density at radius 1 is 1.08 bits per heavy atom. The quantitative estimate of drug-likeness (QED) is 0.563. The van der Waals surface area contributed by atoms with Crippen molar-refractivity contribution in [2.45, 2.75) is 6.92 Å². The minimum Gasteiger partial charge on any atom is -0.470 e. The van der Waals surface area contributed by atoms with Crippen LogP contribution in [0.4, 0.5) is 0 Å². The van der Waals surface area contributed by atoms with Gasteiger partial charge in [-0.2, -0.15) is 0 Å². The van der Waals surface area contributed by atoms with Crippen molar-refractivity contribution in [1.82, 2.24) is 0 Å². The molecule has 1 nitrogen and oxygen atoms in total. The highest BCUT2D eigenvalue weighted by Crippen LogP contribution is 2.18. The van der Waals surface area contributed by atoms with E-state index in [9.17, 15) is 0 Å². The van der Waals surface area contributed by atoms with Gasteiger partial charge in [0.15, 0.2) is 0 Å². The van der Waals surface area contributed by atoms with Crippen molar-refractivity contribution < 1.29 is 4.74 Å². The van der Waals surface area contributed by atoms with Gasteiger partial charge in [0.25, 0.3) is 0 Å². The summed E-state index contributed by atoms with van der Waals surface area (Å²) in [5, 5.41) is 0. The molecule has 1 heteroatoms. The molecule has 0 aliphatic carbocycles. The number of benzene rings is 1. The van der Waals surface area contributed by atoms with E-state index in [1.807, 2.05) is 31.2 Å². The fourth-order valence-corrected chi connectivity index (χ4v) is 1.26. The topological polar surface area (TPSA) is 9.23 Å². The zero-order valence-corrected chi connectivity index (χ0v) is 6.95. The summed E-state index contributed by atoms with van der Waals surface area (Å²) in [6.45, 7) is 1.95. The summed E-state index contributed by atoms with van der Waals surface area (Å²) in [5.74, 6) is 0.927. The highest BCUT2D eigenvalue weighted by molar-refractivity contribution is 5.66. The average Bonchev–Trinajstić information content (AvgIpc) is 2.25. The molecule has 1 heterocycles. The maximum atomic E-state index is 5.27. The SMILES string of the molecule is CC1=Cc2ccccc2C=CO1. The zero-order valence-electron chi connectivity index (χ0n) is 6.95. The highest BCUT2D eigenvalue weighted by Gasteiger charge is 1.99. The Kier molecular flexibility index (Phi) is 1.71. The molecule has 0 unspecified atom stereocenters. The van der Waals surface area contributed by atoms with Crippen LogP contribution in [0, 0.1) is 0 Å². The molecule has 0 saturated heterocycles. The number of allylic oxidation sites excluding steroid dienone is 1. The van der Waals surface area contributed by atoms with E-state index in [0.29, 0.717) is 0 Å². The van der Waals surface area contributed by atoms with Crippen LogP contribution in [0.15, 0.2) is 36.3 Å². The predicted octanol–water partition coefficient (Wildman–Crippen LogP) is 3.05. The molecule has 0 fully saturated rings. The third-order valence-electron chi connectivity index (χ3n) is 1.86. The van der Waals surface area contributed by atoms with E-state index in [1.54, 1.807) is 6.26 Å². The van der Waals surface area contributed by atoms with Crippen molar-refractivity contribution >= 4 is 12.2 Å². The molecule has 0 spiro atoms. The molecule has 1 aromatic carbocycles. The number of ether oxygens (including phenoxy) is 1. The summed E-state index contributed by atoms with van der Waals surface area (Å²) in [6.07, 6.45) is 5.73. The molecule has 0 saturated carbocycles. The third-order valence-corrected chi connectivity index (χ3v) is 1.86. The Hall–Kier alpha value is -1.50. The molecule has 0 amide bonds. The molecule has 0 N–H and O–H groups in total. The summed E-state index contributed by atoms with van der Waals surface area (Å²) < 4.78 is 5.27. The minimum absolute atomic E-state index is 0.927. The predicted molar refractivity (Wildman–Crippen MR) is 50.2 cm³/mol. The molecule has 1 aliphatic heterocycles. The van der Waals surface area contributed by atoms with E-state index < -0.39 is 0 Å². The largest absolute Gasteiger partial charge is 0.470 e. The Bertz CT molecular complexity index is 348. The monoisotopic (exact) mass is 158 g/mol. The highest BCUT2D eigenvalue weighted by atomic mass is 16.5. The summed E-state index contributed by atoms with van der Waals surface area (Å²) in [5.41, 5.74) is 2.41. The van der Waals surface area contributed by atoms with Crippen LogP contribution in [0.2, 0.25) is 0 Å². The van der Waals surface area contributed by atoms with Crippen LogP contribution in [0.25, 0.3) is 12.2 Å². The maximum Gasteiger partial charge on any atom is 0.101 e. The van der Waals surface area contributed by atoms with Gasteiger partial charge in [0.1, 0.15) is 5.76 Å². The molecule has 2 rings (SSSR count). The Labute approximate surface area is 72.0 Å². The number of hydrogen-bond acceptors (Lipinski definition) is 1. The fourth-order valence-electron chi connectivity index (χ4n) is 1.26. The Balaban J connectivity index is 2.58. The Morgan fingerprint density at radius 2 is 1.83 bits per heavy atom. The molecule has 0 atom stereocenters. The van der Waals surface area contributed by atoms with Gasteiger partial charge in [-0.3, -0.25) is 0 Å². The van der Waals surface area contributed by atoms with Gasteiger partial charge in [0.2, 0.25) is 0 Å². The number of hydrogen-bond donors (Lipinski definition) is 0. The summed E-state index contributed by atoms with van der Waals surface area (Å²) in [7, 11) is 0. The smallest absolute Gasteiger partial charge is 0.101 e. The van der Waals surface area contributed by atoms with Crippen LogP contribution in [0.3, 0.4) is 0 Å². The van der Waals surface area contributed by atoms with Gasteiger partial charge in [0.05, 0.1) is 6.26 Å². The van der Waals surface area contributed by atoms with Crippen molar-refractivity contribution in [2.75, 3.05) is 0 Å². The Morgan fingerprint density at radius 3 is 2.67 bits per heavy atom. The fraction of sp³-hybridized carbons (Fsp3) is 0.0909. The van der Waals surface area contributed by atoms with Crippen LogP contribution in [0.5, 0.6) is 0 Å². The second kappa shape index (κ2) is 2.86. The van der Waals surface area contributed by atoms with Crippen LogP contribution in [-0.4, -0.2) is 0 Å². The van der Waals surface area contributed by atoms with Crippen LogP contribution >= 0.6 is 0 Å². The van der Waals surface area contributed by atoms with E-state index in [2.05, 4.69) is 12.1 Å². The average molecular weight is 158 g/mol. The molecular formula is C11H10O. The summed E-state index contributed by atoms with van der Waals surface area (Å²) in [6, 6.07) is 8.21. The van der Waals surface area contributed by atoms with E-state index in [0.717, 1.165) is 5.76 Å². The zero-order chi connectivity index (χ0) is 8.39. The minimum atomic E-state index is 0.927. The maximum absolute atomic E-state index is 5.27. The van der Waals surface area contributed by atoms with Gasteiger partial charge in [-0.15, -0.1) is 0 Å². The lowest BCUT2D eigenvalue weighted by atomic mass is 10.1. The standard InChI is InChI=1S/C11H10O/c1-9-8-11-5-3-2-4-10(11)6-7-12-9/h2-8H,1H3. The lowest BCUT2D eigenvalue weighted by Gasteiger charge is -1.97. The van der Waals surface area contributed by atoms with E-state index in [-0.39, 0.29) is 0 Å². The molecule has 1 aromatic rings. The van der Waals surface area contributed by atoms with E-state index in [4.69, 9.17) is 4.74 Å². The van der Waals surface area contributed by atoms with Gasteiger partial charge in [-0.1, -0.05) is 24.3 Å². The molecule has 0 radical (unpaired) electrons. The van der Waals surface area contributed by atoms with Gasteiger partial charge in [0, 0.05) is 0 Å². The van der Waals surface area contributed by atoms with Crippen molar-refractivity contribution in [3.63, 3.8) is 0 Å². The third kappa shape index (κ3) is 1.26. The van der Waals surface area contributed by atoms with Crippen molar-refractivity contribution in [2.24, 2.45) is 0 Å². The molecular weight excluding hydrogens is 148 g/mol. The van der Waals surface area contributed by atoms with E-state index >= 15 is 0 Å². The van der Waals surface area contributed by atoms with Gasteiger partial charge in [-0.05, 0) is 30.2 Å². The first-order valence-corrected chi connectivity index (χ1v) is 3.97. The first-order chi connectivity index (χ1) is 5.86. The normalized spacial score (nSPS) is 14.2. The van der Waals surface area contributed by atoms with E-state index in [1.165, 1.54) is 11.1 Å². The van der Waals surface area contributed by atoms with Crippen LogP contribution in [-0.2, 0) is 4.74 Å². The molecule has 12 heavy (non-hydrogen) atoms. The summed E-state index contributed by atoms with van der Waals surface area (Å²) in [4.78, 5) is 0. The lowest BCUT2D eigenvalue weighted by Crippen LogP contribution is -1.78. The number of fused-ring (bicyclic) bond motifs is 1. The number of rotatable bonds is 0.